The predicted molar refractivity (Wildman–Crippen MR) is 130 cm³/mol. The molecule has 1 unspecified atom stereocenters. The number of fused-ring (bicyclic) bond motifs is 1. The maximum absolute atomic E-state index is 12.7. The number of amides is 2. The van der Waals surface area contributed by atoms with Crippen molar-refractivity contribution >= 4 is 29.3 Å². The Labute approximate surface area is 198 Å². The number of rotatable bonds is 9. The van der Waals surface area contributed by atoms with Crippen LogP contribution in [0.15, 0.2) is 54.6 Å². The molecule has 176 valence electrons. The van der Waals surface area contributed by atoms with Crippen LogP contribution in [0.4, 0.5) is 11.5 Å². The zero-order valence-corrected chi connectivity index (χ0v) is 19.3. The van der Waals surface area contributed by atoms with E-state index in [1.807, 2.05) is 44.2 Å². The van der Waals surface area contributed by atoms with E-state index in [-0.39, 0.29) is 24.2 Å². The molecule has 2 aromatic carbocycles. The van der Waals surface area contributed by atoms with Gasteiger partial charge in [-0.25, -0.2) is 9.48 Å². The molecule has 0 saturated heterocycles. The number of nitrogens with one attached hydrogen (secondary N) is 2. The summed E-state index contributed by atoms with van der Waals surface area (Å²) < 4.78 is 6.82. The lowest BCUT2D eigenvalue weighted by molar-refractivity contribution is -0.123. The lowest BCUT2D eigenvalue weighted by Gasteiger charge is -2.11. The van der Waals surface area contributed by atoms with E-state index in [0.717, 1.165) is 29.7 Å². The van der Waals surface area contributed by atoms with Gasteiger partial charge in [0.1, 0.15) is 11.9 Å². The van der Waals surface area contributed by atoms with E-state index in [2.05, 4.69) is 15.7 Å². The molecule has 1 atom stereocenters. The van der Waals surface area contributed by atoms with Crippen LogP contribution in [0, 0.1) is 0 Å². The summed E-state index contributed by atoms with van der Waals surface area (Å²) in [6, 6.07) is 15.6. The van der Waals surface area contributed by atoms with Crippen LogP contribution < -0.4 is 10.6 Å². The lowest BCUT2D eigenvalue weighted by Crippen LogP contribution is -2.24. The molecule has 1 aromatic heterocycles. The first kappa shape index (κ1) is 23.2. The molecule has 1 aliphatic rings. The van der Waals surface area contributed by atoms with Crippen molar-refractivity contribution in [2.45, 2.75) is 45.6 Å². The summed E-state index contributed by atoms with van der Waals surface area (Å²) in [6.07, 6.45) is 2.41. The Bertz CT molecular complexity index is 1190. The van der Waals surface area contributed by atoms with Gasteiger partial charge in [-0.3, -0.25) is 9.59 Å². The van der Waals surface area contributed by atoms with E-state index >= 15 is 0 Å². The standard InChI is InChI=1S/C26H28N4O4/c1-3-5-15-34-26(33)18-11-13-19(14-12-18)27-22(31)16-21-25(32)28-24-23(17-9-7-6-8-10-17)20(4-2)29-30(21)24/h6-14,21H,3-5,15-16H2,1-2H3,(H,27,31)(H,28,32). The third-order valence-electron chi connectivity index (χ3n) is 5.73. The number of benzene rings is 2. The van der Waals surface area contributed by atoms with Gasteiger partial charge in [0.2, 0.25) is 5.91 Å². The highest BCUT2D eigenvalue weighted by Gasteiger charge is 2.36. The Hall–Kier alpha value is -3.94. The number of carbonyl (C=O) groups is 3. The Kier molecular flexibility index (Phi) is 7.06. The maximum Gasteiger partial charge on any atom is 0.338 e. The highest BCUT2D eigenvalue weighted by Crippen LogP contribution is 2.38. The minimum atomic E-state index is -0.731. The minimum Gasteiger partial charge on any atom is -0.462 e. The highest BCUT2D eigenvalue weighted by molar-refractivity contribution is 6.04. The van der Waals surface area contributed by atoms with Crippen molar-refractivity contribution in [2.24, 2.45) is 0 Å². The summed E-state index contributed by atoms with van der Waals surface area (Å²) in [5.74, 6) is -0.346. The van der Waals surface area contributed by atoms with Gasteiger partial charge >= 0.3 is 5.97 Å². The molecule has 0 aliphatic carbocycles. The van der Waals surface area contributed by atoms with Gasteiger partial charge in [0.25, 0.3) is 5.91 Å². The van der Waals surface area contributed by atoms with E-state index in [1.165, 1.54) is 0 Å². The number of hydrogen-bond donors (Lipinski definition) is 2. The Morgan fingerprint density at radius 1 is 1.09 bits per heavy atom. The molecule has 0 bridgehead atoms. The van der Waals surface area contributed by atoms with Gasteiger partial charge in [0, 0.05) is 11.3 Å². The van der Waals surface area contributed by atoms with E-state index in [0.29, 0.717) is 30.1 Å². The van der Waals surface area contributed by atoms with Crippen molar-refractivity contribution in [3.8, 4) is 11.1 Å². The Balaban J connectivity index is 1.44. The minimum absolute atomic E-state index is 0.0568. The van der Waals surface area contributed by atoms with Crippen molar-refractivity contribution in [2.75, 3.05) is 17.2 Å². The smallest absolute Gasteiger partial charge is 0.338 e. The fourth-order valence-corrected chi connectivity index (χ4v) is 3.94. The molecular weight excluding hydrogens is 432 g/mol. The molecular formula is C26H28N4O4. The zero-order chi connectivity index (χ0) is 24.1. The van der Waals surface area contributed by atoms with Gasteiger partial charge in [-0.1, -0.05) is 50.6 Å². The first-order valence-corrected chi connectivity index (χ1v) is 11.6. The average molecular weight is 461 g/mol. The van der Waals surface area contributed by atoms with Crippen LogP contribution in [-0.4, -0.2) is 34.2 Å². The Morgan fingerprint density at radius 3 is 2.50 bits per heavy atom. The molecule has 2 heterocycles. The van der Waals surface area contributed by atoms with Crippen molar-refractivity contribution in [3.63, 3.8) is 0 Å². The molecule has 8 nitrogen and oxygen atoms in total. The van der Waals surface area contributed by atoms with Gasteiger partial charge < -0.3 is 15.4 Å². The zero-order valence-electron chi connectivity index (χ0n) is 19.3. The largest absolute Gasteiger partial charge is 0.462 e. The van der Waals surface area contributed by atoms with Crippen molar-refractivity contribution in [1.29, 1.82) is 0 Å². The van der Waals surface area contributed by atoms with Crippen LogP contribution >= 0.6 is 0 Å². The van der Waals surface area contributed by atoms with Crippen molar-refractivity contribution in [1.82, 2.24) is 9.78 Å². The lowest BCUT2D eigenvalue weighted by atomic mass is 10.0. The normalized spacial score (nSPS) is 14.4. The molecule has 0 fully saturated rings. The predicted octanol–water partition coefficient (Wildman–Crippen LogP) is 4.59. The number of carbonyl (C=O) groups excluding carboxylic acids is 3. The van der Waals surface area contributed by atoms with Gasteiger partial charge in [-0.15, -0.1) is 0 Å². The molecule has 1 aliphatic heterocycles. The monoisotopic (exact) mass is 460 g/mol. The van der Waals surface area contributed by atoms with Crippen LogP contribution in [0.25, 0.3) is 11.1 Å². The second-order valence-electron chi connectivity index (χ2n) is 8.16. The average Bonchev–Trinajstić information content (AvgIpc) is 3.35. The summed E-state index contributed by atoms with van der Waals surface area (Å²) in [5, 5.41) is 10.3. The fraction of sp³-hybridized carbons (Fsp3) is 0.308. The summed E-state index contributed by atoms with van der Waals surface area (Å²) in [5.41, 5.74) is 3.69. The number of ether oxygens (including phenoxy) is 1. The van der Waals surface area contributed by atoms with Gasteiger partial charge in [0.05, 0.1) is 24.3 Å². The number of hydrogen-bond acceptors (Lipinski definition) is 5. The van der Waals surface area contributed by atoms with Crippen LogP contribution in [0.1, 0.15) is 55.2 Å². The molecule has 0 radical (unpaired) electrons. The third-order valence-corrected chi connectivity index (χ3v) is 5.73. The fourth-order valence-electron chi connectivity index (χ4n) is 3.94. The van der Waals surface area contributed by atoms with Gasteiger partial charge in [-0.05, 0) is 42.7 Å². The summed E-state index contributed by atoms with van der Waals surface area (Å²) in [7, 11) is 0. The van der Waals surface area contributed by atoms with Crippen LogP contribution in [0.5, 0.6) is 0 Å². The van der Waals surface area contributed by atoms with Gasteiger partial charge in [0.15, 0.2) is 0 Å². The molecule has 2 amide bonds. The van der Waals surface area contributed by atoms with E-state index in [1.54, 1.807) is 28.9 Å². The first-order chi connectivity index (χ1) is 16.5. The van der Waals surface area contributed by atoms with Crippen LogP contribution in [0.3, 0.4) is 0 Å². The molecule has 3 aromatic rings. The number of aryl methyl sites for hydroxylation is 1. The van der Waals surface area contributed by atoms with Crippen LogP contribution in [-0.2, 0) is 20.7 Å². The second-order valence-corrected chi connectivity index (χ2v) is 8.16. The van der Waals surface area contributed by atoms with Crippen molar-refractivity contribution in [3.05, 3.63) is 65.9 Å². The summed E-state index contributed by atoms with van der Waals surface area (Å²) in [4.78, 5) is 37.4. The third kappa shape index (κ3) is 4.85. The first-order valence-electron chi connectivity index (χ1n) is 11.6. The highest BCUT2D eigenvalue weighted by atomic mass is 16.5. The summed E-state index contributed by atoms with van der Waals surface area (Å²) in [6.45, 7) is 4.42. The molecule has 0 spiro atoms. The number of aromatic nitrogens is 2. The molecule has 4 rings (SSSR count). The number of esters is 1. The molecule has 34 heavy (non-hydrogen) atoms. The van der Waals surface area contributed by atoms with Crippen molar-refractivity contribution < 1.29 is 19.1 Å². The van der Waals surface area contributed by atoms with Crippen LogP contribution in [0.2, 0.25) is 0 Å². The van der Waals surface area contributed by atoms with E-state index in [9.17, 15) is 14.4 Å². The maximum atomic E-state index is 12.7. The second kappa shape index (κ2) is 10.3. The molecule has 8 heteroatoms. The van der Waals surface area contributed by atoms with E-state index < -0.39 is 6.04 Å². The van der Waals surface area contributed by atoms with Gasteiger partial charge in [-0.2, -0.15) is 5.10 Å². The number of anilines is 2. The molecule has 0 saturated carbocycles. The summed E-state index contributed by atoms with van der Waals surface area (Å²) >= 11 is 0. The van der Waals surface area contributed by atoms with E-state index in [4.69, 9.17) is 4.74 Å². The number of unbranched alkanes of at least 4 members (excludes halogenated alkanes) is 1. The quantitative estimate of drug-likeness (QED) is 0.359. The Morgan fingerprint density at radius 2 is 1.82 bits per heavy atom. The number of nitrogens with zero attached hydrogens (tertiary/aromatic N) is 2. The SMILES string of the molecule is CCCCOC(=O)c1ccc(NC(=O)CC2C(=O)Nc3c(-c4ccccc4)c(CC)nn32)cc1. The molecule has 2 N–H and O–H groups in total. The topological polar surface area (TPSA) is 102 Å².